The molecule has 2 rings (SSSR count). The van der Waals surface area contributed by atoms with E-state index in [0.717, 1.165) is 0 Å². The molecule has 0 unspecified atom stereocenters. The summed E-state index contributed by atoms with van der Waals surface area (Å²) in [5.74, 6) is -3.50. The molecule has 1 aromatic rings. The molecule has 0 radical (unpaired) electrons. The van der Waals surface area contributed by atoms with Crippen LogP contribution in [0.25, 0.3) is 0 Å². The molecule has 0 spiro atoms. The molecule has 0 atom stereocenters. The number of likely N-dealkylation sites (tertiary alicyclic amines) is 1. The number of carbonyl (C=O) groups is 2. The second-order valence-corrected chi connectivity index (χ2v) is 5.71. The van der Waals surface area contributed by atoms with E-state index >= 15 is 0 Å². The van der Waals surface area contributed by atoms with E-state index in [1.165, 1.54) is 11.0 Å². The van der Waals surface area contributed by atoms with E-state index in [2.05, 4.69) is 5.32 Å². The fraction of sp³-hybridized carbons (Fsp3) is 0.385. The van der Waals surface area contributed by atoms with Gasteiger partial charge in [0, 0.05) is 23.9 Å². The fourth-order valence-electron chi connectivity index (χ4n) is 2.07. The van der Waals surface area contributed by atoms with Crippen molar-refractivity contribution in [1.29, 1.82) is 0 Å². The van der Waals surface area contributed by atoms with Gasteiger partial charge < -0.3 is 15.3 Å². The van der Waals surface area contributed by atoms with Crippen molar-refractivity contribution in [2.45, 2.75) is 17.1 Å². The zero-order valence-electron chi connectivity index (χ0n) is 11.0. The molecular weight excluding hydrogens is 302 g/mol. The summed E-state index contributed by atoms with van der Waals surface area (Å²) in [6, 6.07) is 5.92. The van der Waals surface area contributed by atoms with E-state index in [1.54, 1.807) is 18.2 Å². The maximum atomic E-state index is 12.4. The minimum atomic E-state index is -2.56. The second-order valence-electron chi connectivity index (χ2n) is 4.67. The summed E-state index contributed by atoms with van der Waals surface area (Å²) in [5, 5.41) is 11.2. The Morgan fingerprint density at radius 3 is 2.67 bits per heavy atom. The van der Waals surface area contributed by atoms with Gasteiger partial charge in [-0.3, -0.25) is 4.79 Å². The third-order valence-corrected chi connectivity index (χ3v) is 3.84. The number of alkyl halides is 2. The van der Waals surface area contributed by atoms with Crippen molar-refractivity contribution >= 4 is 29.4 Å². The Morgan fingerprint density at radius 1 is 1.38 bits per heavy atom. The number of amides is 2. The lowest BCUT2D eigenvalue weighted by atomic mass is 9.97. The number of aliphatic carboxylic acids is 1. The normalized spacial score (nSPS) is 14.9. The number of nitrogens with one attached hydrogen (secondary N) is 1. The summed E-state index contributed by atoms with van der Waals surface area (Å²) in [7, 11) is 0. The first-order chi connectivity index (χ1) is 9.95. The highest BCUT2D eigenvalue weighted by atomic mass is 32.2. The third-order valence-electron chi connectivity index (χ3n) is 3.05. The van der Waals surface area contributed by atoms with Crippen LogP contribution in [0.1, 0.15) is 6.42 Å². The van der Waals surface area contributed by atoms with Crippen LogP contribution in [0.4, 0.5) is 19.3 Å². The fourth-order valence-corrected chi connectivity index (χ4v) is 2.67. The van der Waals surface area contributed by atoms with E-state index in [9.17, 15) is 18.4 Å². The SMILES string of the molecule is O=C(O)CC1CN(C(=O)Nc2ccccc2SC(F)F)C1. The van der Waals surface area contributed by atoms with Crippen LogP contribution in [0.5, 0.6) is 0 Å². The average molecular weight is 316 g/mol. The lowest BCUT2D eigenvalue weighted by molar-refractivity contribution is -0.139. The Bertz CT molecular complexity index is 536. The molecule has 114 valence electrons. The Labute approximate surface area is 124 Å². The Morgan fingerprint density at radius 2 is 2.05 bits per heavy atom. The molecule has 2 N–H and O–H groups in total. The minimum Gasteiger partial charge on any atom is -0.481 e. The average Bonchev–Trinajstić information content (AvgIpc) is 2.34. The van der Waals surface area contributed by atoms with Gasteiger partial charge in [-0.1, -0.05) is 23.9 Å². The largest absolute Gasteiger partial charge is 0.481 e. The highest BCUT2D eigenvalue weighted by molar-refractivity contribution is 7.99. The molecule has 8 heteroatoms. The summed E-state index contributed by atoms with van der Waals surface area (Å²) < 4.78 is 24.9. The molecule has 0 aromatic heterocycles. The zero-order valence-corrected chi connectivity index (χ0v) is 11.8. The van der Waals surface area contributed by atoms with Crippen molar-refractivity contribution in [3.8, 4) is 0 Å². The van der Waals surface area contributed by atoms with Crippen molar-refractivity contribution in [2.24, 2.45) is 5.92 Å². The Kier molecular flexibility index (Phi) is 5.00. The minimum absolute atomic E-state index is 0.0294. The first-order valence-electron chi connectivity index (χ1n) is 6.27. The Hall–Kier alpha value is -1.83. The van der Waals surface area contributed by atoms with E-state index in [1.807, 2.05) is 0 Å². The van der Waals surface area contributed by atoms with Crippen LogP contribution in [-0.4, -0.2) is 40.9 Å². The summed E-state index contributed by atoms with van der Waals surface area (Å²) in [6.45, 7) is 0.727. The van der Waals surface area contributed by atoms with Gasteiger partial charge >= 0.3 is 12.0 Å². The molecule has 5 nitrogen and oxygen atoms in total. The molecule has 1 heterocycles. The maximum absolute atomic E-state index is 12.4. The van der Waals surface area contributed by atoms with Crippen LogP contribution in [0.15, 0.2) is 29.2 Å². The number of benzene rings is 1. The van der Waals surface area contributed by atoms with Crippen molar-refractivity contribution < 1.29 is 23.5 Å². The smallest absolute Gasteiger partial charge is 0.321 e. The second kappa shape index (κ2) is 6.75. The van der Waals surface area contributed by atoms with Gasteiger partial charge in [-0.25, -0.2) is 4.79 Å². The number of thioether (sulfide) groups is 1. The van der Waals surface area contributed by atoms with Crippen LogP contribution in [0.2, 0.25) is 0 Å². The van der Waals surface area contributed by atoms with Gasteiger partial charge in [0.15, 0.2) is 0 Å². The van der Waals surface area contributed by atoms with Gasteiger partial charge in [0.2, 0.25) is 0 Å². The standard InChI is InChI=1S/C13H14F2N2O3S/c14-12(15)21-10-4-2-1-3-9(10)16-13(20)17-6-8(7-17)5-11(18)19/h1-4,8,12H,5-7H2,(H,16,20)(H,18,19). The molecule has 1 saturated heterocycles. The number of para-hydroxylation sites is 1. The van der Waals surface area contributed by atoms with Crippen LogP contribution >= 0.6 is 11.8 Å². The molecule has 1 aromatic carbocycles. The number of halogens is 2. The number of anilines is 1. The molecule has 21 heavy (non-hydrogen) atoms. The first-order valence-corrected chi connectivity index (χ1v) is 7.15. The van der Waals surface area contributed by atoms with Crippen LogP contribution in [-0.2, 0) is 4.79 Å². The van der Waals surface area contributed by atoms with E-state index in [4.69, 9.17) is 5.11 Å². The van der Waals surface area contributed by atoms with Crippen molar-refractivity contribution in [3.63, 3.8) is 0 Å². The van der Waals surface area contributed by atoms with E-state index in [-0.39, 0.29) is 12.3 Å². The number of nitrogens with zero attached hydrogens (tertiary/aromatic N) is 1. The summed E-state index contributed by atoms with van der Waals surface area (Å²) in [5.41, 5.74) is 0.328. The van der Waals surface area contributed by atoms with Crippen molar-refractivity contribution in [2.75, 3.05) is 18.4 Å². The topological polar surface area (TPSA) is 69.6 Å². The summed E-state index contributed by atoms with van der Waals surface area (Å²) in [6.07, 6.45) is 0.0294. The summed E-state index contributed by atoms with van der Waals surface area (Å²) in [4.78, 5) is 24.2. The number of carboxylic acids is 1. The van der Waals surface area contributed by atoms with Gasteiger partial charge in [-0.2, -0.15) is 8.78 Å². The van der Waals surface area contributed by atoms with E-state index in [0.29, 0.717) is 35.4 Å². The lowest BCUT2D eigenvalue weighted by Gasteiger charge is -2.38. The number of urea groups is 1. The van der Waals surface area contributed by atoms with E-state index < -0.39 is 17.8 Å². The number of hydrogen-bond donors (Lipinski definition) is 2. The van der Waals surface area contributed by atoms with Gasteiger partial charge in [-0.15, -0.1) is 0 Å². The first kappa shape index (κ1) is 15.6. The molecule has 0 bridgehead atoms. The number of rotatable bonds is 5. The molecule has 0 aliphatic carbocycles. The van der Waals surface area contributed by atoms with Crippen molar-refractivity contribution in [3.05, 3.63) is 24.3 Å². The van der Waals surface area contributed by atoms with Crippen LogP contribution in [0, 0.1) is 5.92 Å². The molecule has 0 saturated carbocycles. The van der Waals surface area contributed by atoms with Crippen LogP contribution < -0.4 is 5.32 Å². The molecule has 1 aliphatic heterocycles. The highest BCUT2D eigenvalue weighted by Crippen LogP contribution is 2.32. The number of hydrogen-bond acceptors (Lipinski definition) is 3. The number of carboxylic acid groups (broad SMARTS) is 1. The predicted molar refractivity (Wildman–Crippen MR) is 74.6 cm³/mol. The predicted octanol–water partition coefficient (Wildman–Crippen LogP) is 2.94. The quantitative estimate of drug-likeness (QED) is 0.820. The van der Waals surface area contributed by atoms with Gasteiger partial charge in [0.1, 0.15) is 0 Å². The maximum Gasteiger partial charge on any atom is 0.321 e. The lowest BCUT2D eigenvalue weighted by Crippen LogP contribution is -2.52. The Balaban J connectivity index is 1.91. The highest BCUT2D eigenvalue weighted by Gasteiger charge is 2.32. The molecule has 1 fully saturated rings. The molecule has 2 amide bonds. The number of carbonyl (C=O) groups excluding carboxylic acids is 1. The molecular formula is C13H14F2N2O3S. The monoisotopic (exact) mass is 316 g/mol. The zero-order chi connectivity index (χ0) is 15.4. The van der Waals surface area contributed by atoms with Gasteiger partial charge in [-0.05, 0) is 12.1 Å². The third kappa shape index (κ3) is 4.32. The van der Waals surface area contributed by atoms with Gasteiger partial charge in [0.05, 0.1) is 12.1 Å². The molecule has 1 aliphatic rings. The van der Waals surface area contributed by atoms with Gasteiger partial charge in [0.25, 0.3) is 5.76 Å². The summed E-state index contributed by atoms with van der Waals surface area (Å²) >= 11 is 0.369. The van der Waals surface area contributed by atoms with Crippen molar-refractivity contribution in [1.82, 2.24) is 4.90 Å². The van der Waals surface area contributed by atoms with Crippen LogP contribution in [0.3, 0.4) is 0 Å².